The van der Waals surface area contributed by atoms with E-state index in [0.717, 1.165) is 31.6 Å². The molecule has 1 fully saturated rings. The number of halogens is 2. The van der Waals surface area contributed by atoms with Gasteiger partial charge in [0.25, 0.3) is 0 Å². The van der Waals surface area contributed by atoms with E-state index in [-0.39, 0.29) is 25.0 Å². The summed E-state index contributed by atoms with van der Waals surface area (Å²) in [5.74, 6) is -0.846. The molecule has 0 spiro atoms. The normalized spacial score (nSPS) is 21.0. The molecule has 0 amide bonds. The Morgan fingerprint density at radius 3 is 2.32 bits per heavy atom. The Bertz CT molecular complexity index is 521. The van der Waals surface area contributed by atoms with Crippen molar-refractivity contribution >= 4 is 0 Å². The maximum Gasteiger partial charge on any atom is 0.162 e. The van der Waals surface area contributed by atoms with Crippen LogP contribution in [0, 0.1) is 23.5 Å². The lowest BCUT2D eigenvalue weighted by atomic mass is 9.76. The Morgan fingerprint density at radius 2 is 1.72 bits per heavy atom. The Kier molecular flexibility index (Phi) is 8.31. The van der Waals surface area contributed by atoms with Crippen molar-refractivity contribution in [3.8, 4) is 0 Å². The van der Waals surface area contributed by atoms with Gasteiger partial charge < -0.3 is 10.2 Å². The van der Waals surface area contributed by atoms with Crippen LogP contribution in [0.3, 0.4) is 0 Å². The first-order chi connectivity index (χ1) is 12.1. The van der Waals surface area contributed by atoms with E-state index in [9.17, 15) is 8.78 Å². The summed E-state index contributed by atoms with van der Waals surface area (Å²) in [5.41, 5.74) is 0.862. The molecule has 1 aliphatic carbocycles. The highest BCUT2D eigenvalue weighted by Gasteiger charge is 2.26. The lowest BCUT2D eigenvalue weighted by Gasteiger charge is -2.29. The number of aliphatic hydroxyl groups excluding tert-OH is 2. The van der Waals surface area contributed by atoms with Crippen LogP contribution in [-0.4, -0.2) is 23.4 Å². The lowest BCUT2D eigenvalue weighted by Crippen LogP contribution is -2.16. The van der Waals surface area contributed by atoms with Gasteiger partial charge in [-0.2, -0.15) is 0 Å². The van der Waals surface area contributed by atoms with E-state index < -0.39 is 11.6 Å². The molecule has 2 rings (SSSR count). The fraction of sp³-hybridized carbons (Fsp3) is 0.714. The second-order valence-electron chi connectivity index (χ2n) is 7.57. The van der Waals surface area contributed by atoms with Gasteiger partial charge >= 0.3 is 0 Å². The summed E-state index contributed by atoms with van der Waals surface area (Å²) in [7, 11) is 0. The van der Waals surface area contributed by atoms with Crippen LogP contribution in [0.1, 0.15) is 75.3 Å². The van der Waals surface area contributed by atoms with Crippen LogP contribution in [0.5, 0.6) is 0 Å². The number of hydrogen-bond acceptors (Lipinski definition) is 2. The number of hydrogen-bond donors (Lipinski definition) is 2. The van der Waals surface area contributed by atoms with E-state index in [1.165, 1.54) is 19.3 Å². The quantitative estimate of drug-likeness (QED) is 0.658. The zero-order valence-corrected chi connectivity index (χ0v) is 15.3. The molecule has 0 heterocycles. The predicted molar refractivity (Wildman–Crippen MR) is 96.6 cm³/mol. The third-order valence-corrected chi connectivity index (χ3v) is 5.78. The highest BCUT2D eigenvalue weighted by Crippen LogP contribution is 2.39. The monoisotopic (exact) mass is 354 g/mol. The van der Waals surface area contributed by atoms with Crippen LogP contribution < -0.4 is 0 Å². The van der Waals surface area contributed by atoms with Gasteiger partial charge in [-0.05, 0) is 61.5 Å². The minimum Gasteiger partial charge on any atom is -0.396 e. The summed E-state index contributed by atoms with van der Waals surface area (Å²) in [5, 5.41) is 18.2. The predicted octanol–water partition coefficient (Wildman–Crippen LogP) is 4.96. The van der Waals surface area contributed by atoms with Gasteiger partial charge in [0, 0.05) is 19.1 Å². The van der Waals surface area contributed by atoms with E-state index in [1.54, 1.807) is 12.1 Å². The molecule has 142 valence electrons. The van der Waals surface area contributed by atoms with Crippen molar-refractivity contribution in [3.05, 3.63) is 34.9 Å². The van der Waals surface area contributed by atoms with Gasteiger partial charge in [-0.25, -0.2) is 8.78 Å². The van der Waals surface area contributed by atoms with Crippen LogP contribution >= 0.6 is 0 Å². The standard InChI is InChI=1S/C21H32F2O2/c1-2-3-4-15-5-8-17(9-6-15)19-12-11-18(20(22)21(19)23)10-7-16(13-24)14-25/h11-12,15-17,24-25H,2-10,13-14H2,1H3. The summed E-state index contributed by atoms with van der Waals surface area (Å²) in [4.78, 5) is 0. The Hall–Kier alpha value is -1.00. The topological polar surface area (TPSA) is 40.5 Å². The van der Waals surface area contributed by atoms with Gasteiger partial charge in [0.15, 0.2) is 11.6 Å². The molecule has 0 saturated heterocycles. The van der Waals surface area contributed by atoms with Crippen LogP contribution in [-0.2, 0) is 6.42 Å². The fourth-order valence-corrected chi connectivity index (χ4v) is 3.97. The molecule has 1 aromatic carbocycles. The average molecular weight is 354 g/mol. The maximum atomic E-state index is 14.6. The third-order valence-electron chi connectivity index (χ3n) is 5.78. The molecule has 0 aromatic heterocycles. The Balaban J connectivity index is 1.98. The van der Waals surface area contributed by atoms with E-state index in [4.69, 9.17) is 10.2 Å². The van der Waals surface area contributed by atoms with Gasteiger partial charge in [0.1, 0.15) is 0 Å². The smallest absolute Gasteiger partial charge is 0.162 e. The van der Waals surface area contributed by atoms with Gasteiger partial charge in [-0.15, -0.1) is 0 Å². The van der Waals surface area contributed by atoms with E-state index in [2.05, 4.69) is 6.92 Å². The van der Waals surface area contributed by atoms with Crippen molar-refractivity contribution in [2.24, 2.45) is 11.8 Å². The zero-order chi connectivity index (χ0) is 18.2. The Morgan fingerprint density at radius 1 is 1.04 bits per heavy atom. The SMILES string of the molecule is CCCCC1CCC(c2ccc(CCC(CO)CO)c(F)c2F)CC1. The summed E-state index contributed by atoms with van der Waals surface area (Å²) < 4.78 is 29.0. The first kappa shape index (κ1) is 20.3. The van der Waals surface area contributed by atoms with Crippen LogP contribution in [0.4, 0.5) is 8.78 Å². The van der Waals surface area contributed by atoms with Gasteiger partial charge in [-0.3, -0.25) is 0 Å². The largest absolute Gasteiger partial charge is 0.396 e. The number of aliphatic hydroxyl groups is 2. The van der Waals surface area contributed by atoms with Crippen molar-refractivity contribution < 1.29 is 19.0 Å². The molecule has 1 saturated carbocycles. The van der Waals surface area contributed by atoms with Crippen molar-refractivity contribution in [1.29, 1.82) is 0 Å². The lowest BCUT2D eigenvalue weighted by molar-refractivity contribution is 0.144. The summed E-state index contributed by atoms with van der Waals surface area (Å²) >= 11 is 0. The first-order valence-corrected chi connectivity index (χ1v) is 9.79. The van der Waals surface area contributed by atoms with Gasteiger partial charge in [0.2, 0.25) is 0 Å². The molecule has 1 aliphatic rings. The molecular weight excluding hydrogens is 322 g/mol. The van der Waals surface area contributed by atoms with Gasteiger partial charge in [0.05, 0.1) is 0 Å². The van der Waals surface area contributed by atoms with Crippen LogP contribution in [0.15, 0.2) is 12.1 Å². The number of aryl methyl sites for hydroxylation is 1. The molecule has 0 radical (unpaired) electrons. The minimum absolute atomic E-state index is 0.129. The first-order valence-electron chi connectivity index (χ1n) is 9.79. The Labute approximate surface area is 150 Å². The van der Waals surface area contributed by atoms with Crippen LogP contribution in [0.25, 0.3) is 0 Å². The van der Waals surface area contributed by atoms with Crippen molar-refractivity contribution in [2.45, 2.75) is 70.6 Å². The summed E-state index contributed by atoms with van der Waals surface area (Å²) in [6.45, 7) is 1.93. The highest BCUT2D eigenvalue weighted by atomic mass is 19.2. The molecule has 2 N–H and O–H groups in total. The third kappa shape index (κ3) is 5.49. The van der Waals surface area contributed by atoms with E-state index in [0.29, 0.717) is 24.0 Å². The molecule has 0 aliphatic heterocycles. The summed E-state index contributed by atoms with van der Waals surface area (Å²) in [6, 6.07) is 3.43. The van der Waals surface area contributed by atoms with E-state index >= 15 is 0 Å². The number of rotatable bonds is 9. The minimum atomic E-state index is -0.750. The maximum absolute atomic E-state index is 14.6. The molecule has 4 heteroatoms. The second kappa shape index (κ2) is 10.2. The molecule has 25 heavy (non-hydrogen) atoms. The average Bonchev–Trinajstić information content (AvgIpc) is 2.64. The molecule has 0 unspecified atom stereocenters. The zero-order valence-electron chi connectivity index (χ0n) is 15.3. The molecule has 2 nitrogen and oxygen atoms in total. The van der Waals surface area contributed by atoms with Crippen molar-refractivity contribution in [2.75, 3.05) is 13.2 Å². The fourth-order valence-electron chi connectivity index (χ4n) is 3.97. The molecule has 0 atom stereocenters. The van der Waals surface area contributed by atoms with Crippen molar-refractivity contribution in [3.63, 3.8) is 0 Å². The highest BCUT2D eigenvalue weighted by molar-refractivity contribution is 5.29. The molecular formula is C21H32F2O2. The van der Waals surface area contributed by atoms with Crippen LogP contribution in [0.2, 0.25) is 0 Å². The number of benzene rings is 1. The van der Waals surface area contributed by atoms with Crippen molar-refractivity contribution in [1.82, 2.24) is 0 Å². The van der Waals surface area contributed by atoms with E-state index in [1.807, 2.05) is 0 Å². The van der Waals surface area contributed by atoms with Gasteiger partial charge in [-0.1, -0.05) is 38.3 Å². The molecule has 0 bridgehead atoms. The number of unbranched alkanes of at least 4 members (excludes halogenated alkanes) is 1. The second-order valence-corrected chi connectivity index (χ2v) is 7.57. The molecule has 1 aromatic rings. The summed E-state index contributed by atoms with van der Waals surface area (Å²) in [6.07, 6.45) is 8.64.